The number of hydrogen-bond acceptors (Lipinski definition) is 5. The largest absolute Gasteiger partial charge is 0.444 e. The summed E-state index contributed by atoms with van der Waals surface area (Å²) in [6, 6.07) is 7.44. The molecule has 2 heterocycles. The van der Waals surface area contributed by atoms with Gasteiger partial charge in [-0.1, -0.05) is 15.9 Å². The van der Waals surface area contributed by atoms with Crippen LogP contribution in [0, 0.1) is 17.2 Å². The molecule has 1 fully saturated rings. The molecule has 2 aliphatic heterocycles. The van der Waals surface area contributed by atoms with Crippen LogP contribution in [-0.2, 0) is 9.47 Å². The van der Waals surface area contributed by atoms with Gasteiger partial charge in [0.2, 0.25) is 0 Å². The number of fused-ring (bicyclic) bond motifs is 3. The summed E-state index contributed by atoms with van der Waals surface area (Å²) in [4.78, 5) is 29.9. The number of ether oxygens (including phenoxy) is 2. The van der Waals surface area contributed by atoms with E-state index in [4.69, 9.17) is 9.47 Å². The van der Waals surface area contributed by atoms with Gasteiger partial charge in [-0.3, -0.25) is 4.90 Å². The lowest BCUT2D eigenvalue weighted by Crippen LogP contribution is -2.52. The number of halogens is 1. The molecule has 0 spiro atoms. The minimum atomic E-state index is -0.651. The maximum atomic E-state index is 13.3. The van der Waals surface area contributed by atoms with Crippen LogP contribution in [0.25, 0.3) is 0 Å². The minimum absolute atomic E-state index is 0.0230. The van der Waals surface area contributed by atoms with Gasteiger partial charge in [-0.2, -0.15) is 5.26 Å². The summed E-state index contributed by atoms with van der Waals surface area (Å²) in [6.07, 6.45) is 0.740. The number of carbonyl (C=O) groups is 2. The molecule has 0 N–H and O–H groups in total. The maximum absolute atomic E-state index is 13.3. The number of benzene rings is 1. The standard InChI is InChI=1S/C24H32BrN3O4/c1-23(2,3)31-21(29)27-13-11-16-18(8-7-12-26)28(22(30)32-24(4,5)6)19-10-9-15(25)14-17(19)20(16)27/h9-10,14,16,18,20H,7-8,11,13H2,1-6H3/t16-,18-,20-/m0/s1. The topological polar surface area (TPSA) is 82.9 Å². The second kappa shape index (κ2) is 8.93. The summed E-state index contributed by atoms with van der Waals surface area (Å²) < 4.78 is 12.3. The van der Waals surface area contributed by atoms with Crippen molar-refractivity contribution in [1.82, 2.24) is 4.90 Å². The smallest absolute Gasteiger partial charge is 0.415 e. The van der Waals surface area contributed by atoms with Gasteiger partial charge in [-0.15, -0.1) is 0 Å². The summed E-state index contributed by atoms with van der Waals surface area (Å²) in [5.74, 6) is -0.0230. The lowest BCUT2D eigenvalue weighted by molar-refractivity contribution is 0.0191. The van der Waals surface area contributed by atoms with Crippen LogP contribution in [0.3, 0.4) is 0 Å². The van der Waals surface area contributed by atoms with E-state index in [2.05, 4.69) is 22.0 Å². The van der Waals surface area contributed by atoms with E-state index in [0.717, 1.165) is 10.0 Å². The van der Waals surface area contributed by atoms with Gasteiger partial charge in [0.1, 0.15) is 11.2 Å². The van der Waals surface area contributed by atoms with Crippen LogP contribution in [0.5, 0.6) is 0 Å². The van der Waals surface area contributed by atoms with Crippen LogP contribution >= 0.6 is 15.9 Å². The Morgan fingerprint density at radius 1 is 1.12 bits per heavy atom. The zero-order valence-electron chi connectivity index (χ0n) is 19.6. The highest BCUT2D eigenvalue weighted by Gasteiger charge is 2.51. The normalized spacial score (nSPS) is 22.6. The Morgan fingerprint density at radius 3 is 2.34 bits per heavy atom. The molecule has 0 unspecified atom stereocenters. The van der Waals surface area contributed by atoms with E-state index in [1.807, 2.05) is 59.7 Å². The zero-order chi connectivity index (χ0) is 23.8. The fraction of sp³-hybridized carbons (Fsp3) is 0.625. The van der Waals surface area contributed by atoms with E-state index >= 15 is 0 Å². The second-order valence-corrected chi connectivity index (χ2v) is 11.3. The van der Waals surface area contributed by atoms with Gasteiger partial charge < -0.3 is 14.4 Å². The predicted molar refractivity (Wildman–Crippen MR) is 125 cm³/mol. The number of nitrogens with zero attached hydrogens (tertiary/aromatic N) is 3. The Labute approximate surface area is 198 Å². The van der Waals surface area contributed by atoms with Crippen molar-refractivity contribution in [2.75, 3.05) is 11.4 Å². The van der Waals surface area contributed by atoms with E-state index in [9.17, 15) is 14.9 Å². The van der Waals surface area contributed by atoms with Gasteiger partial charge in [0.05, 0.1) is 17.8 Å². The summed E-state index contributed by atoms with van der Waals surface area (Å²) in [5, 5.41) is 9.27. The molecule has 7 nitrogen and oxygen atoms in total. The van der Waals surface area contributed by atoms with Crippen LogP contribution in [0.1, 0.15) is 72.4 Å². The highest BCUT2D eigenvalue weighted by Crippen LogP contribution is 2.51. The Morgan fingerprint density at radius 2 is 1.75 bits per heavy atom. The fourth-order valence-corrected chi connectivity index (χ4v) is 4.97. The zero-order valence-corrected chi connectivity index (χ0v) is 21.2. The van der Waals surface area contributed by atoms with Crippen molar-refractivity contribution in [3.63, 3.8) is 0 Å². The summed E-state index contributed by atoms with van der Waals surface area (Å²) >= 11 is 3.54. The van der Waals surface area contributed by atoms with Crippen molar-refractivity contribution in [2.45, 2.75) is 84.1 Å². The number of hydrogen-bond donors (Lipinski definition) is 0. The molecule has 3 rings (SSSR count). The van der Waals surface area contributed by atoms with E-state index in [0.29, 0.717) is 31.5 Å². The molecule has 1 aromatic rings. The van der Waals surface area contributed by atoms with Crippen LogP contribution in [0.2, 0.25) is 0 Å². The van der Waals surface area contributed by atoms with Crippen molar-refractivity contribution in [1.29, 1.82) is 5.26 Å². The lowest BCUT2D eigenvalue weighted by atomic mass is 9.80. The number of amides is 2. The van der Waals surface area contributed by atoms with Gasteiger partial charge in [0.25, 0.3) is 0 Å². The van der Waals surface area contributed by atoms with Crippen LogP contribution in [0.4, 0.5) is 15.3 Å². The van der Waals surface area contributed by atoms with Crippen molar-refractivity contribution >= 4 is 33.8 Å². The minimum Gasteiger partial charge on any atom is -0.444 e. The molecule has 0 bridgehead atoms. The van der Waals surface area contributed by atoms with Crippen molar-refractivity contribution < 1.29 is 19.1 Å². The third-order valence-electron chi connectivity index (χ3n) is 5.61. The quantitative estimate of drug-likeness (QED) is 0.479. The number of carbonyl (C=O) groups excluding carboxylic acids is 2. The molecule has 2 aliphatic rings. The molecule has 0 saturated carbocycles. The molecule has 8 heteroatoms. The maximum Gasteiger partial charge on any atom is 0.415 e. The molecule has 3 atom stereocenters. The molecular formula is C24H32BrN3O4. The SMILES string of the molecule is CC(C)(C)OC(=O)N1CC[C@@H]2[C@H]1c1cc(Br)ccc1N(C(=O)OC(C)(C)C)[C@H]2CCC#N. The Hall–Kier alpha value is -2.27. The molecule has 0 radical (unpaired) electrons. The Bertz CT molecular complexity index is 929. The van der Waals surface area contributed by atoms with Crippen molar-refractivity contribution in [3.8, 4) is 6.07 Å². The molecule has 2 amide bonds. The molecule has 1 saturated heterocycles. The molecule has 1 aromatic carbocycles. The molecule has 174 valence electrons. The van der Waals surface area contributed by atoms with Crippen LogP contribution < -0.4 is 4.90 Å². The Balaban J connectivity index is 2.09. The first-order valence-corrected chi connectivity index (χ1v) is 11.8. The van der Waals surface area contributed by atoms with Crippen LogP contribution in [0.15, 0.2) is 22.7 Å². The van der Waals surface area contributed by atoms with Gasteiger partial charge >= 0.3 is 12.2 Å². The van der Waals surface area contributed by atoms with Gasteiger partial charge in [-0.05, 0) is 72.6 Å². The third-order valence-corrected chi connectivity index (χ3v) is 6.10. The van der Waals surface area contributed by atoms with E-state index < -0.39 is 17.3 Å². The number of nitriles is 1. The van der Waals surface area contributed by atoms with Crippen molar-refractivity contribution in [2.24, 2.45) is 5.92 Å². The van der Waals surface area contributed by atoms with E-state index in [1.165, 1.54) is 0 Å². The van der Waals surface area contributed by atoms with E-state index in [-0.39, 0.29) is 24.1 Å². The van der Waals surface area contributed by atoms with Gasteiger partial charge in [-0.25, -0.2) is 9.59 Å². The highest BCUT2D eigenvalue weighted by molar-refractivity contribution is 9.10. The second-order valence-electron chi connectivity index (χ2n) is 10.4. The highest BCUT2D eigenvalue weighted by atomic mass is 79.9. The lowest BCUT2D eigenvalue weighted by Gasteiger charge is -2.45. The van der Waals surface area contributed by atoms with E-state index in [1.54, 1.807) is 9.80 Å². The Kier molecular flexibility index (Phi) is 6.80. The fourth-order valence-electron chi connectivity index (χ4n) is 4.60. The van der Waals surface area contributed by atoms with Crippen molar-refractivity contribution in [3.05, 3.63) is 28.2 Å². The average molecular weight is 506 g/mol. The van der Waals surface area contributed by atoms with Gasteiger partial charge in [0, 0.05) is 35.0 Å². The summed E-state index contributed by atoms with van der Waals surface area (Å²) in [6.45, 7) is 11.6. The van der Waals surface area contributed by atoms with Gasteiger partial charge in [0.15, 0.2) is 0 Å². The molecule has 32 heavy (non-hydrogen) atoms. The third kappa shape index (κ3) is 5.20. The summed E-state index contributed by atoms with van der Waals surface area (Å²) in [5.41, 5.74) is 0.336. The molecule has 0 aliphatic carbocycles. The molecule has 0 aromatic heterocycles. The first-order chi connectivity index (χ1) is 14.8. The van der Waals surface area contributed by atoms with Crippen LogP contribution in [-0.4, -0.2) is 40.9 Å². The molecular weight excluding hydrogens is 474 g/mol. The number of anilines is 1. The number of likely N-dealkylation sites (tertiary alicyclic amines) is 1. The number of rotatable bonds is 2. The predicted octanol–water partition coefficient (Wildman–Crippen LogP) is 6.17. The summed E-state index contributed by atoms with van der Waals surface area (Å²) in [7, 11) is 0. The monoisotopic (exact) mass is 505 g/mol. The first-order valence-electron chi connectivity index (χ1n) is 11.0. The first kappa shape index (κ1) is 24.4. The average Bonchev–Trinajstić information content (AvgIpc) is 3.08.